The minimum Gasteiger partial charge on any atom is -0.380 e. The number of ether oxygens (including phenoxy) is 1. The lowest BCUT2D eigenvalue weighted by atomic mass is 10.1. The van der Waals surface area contributed by atoms with Crippen LogP contribution in [0.1, 0.15) is 47.0 Å². The summed E-state index contributed by atoms with van der Waals surface area (Å²) in [5.74, 6) is 1.49. The third kappa shape index (κ3) is 4.98. The van der Waals surface area contributed by atoms with Crippen molar-refractivity contribution in [2.75, 3.05) is 13.2 Å². The summed E-state index contributed by atoms with van der Waals surface area (Å²) in [5.41, 5.74) is 0. The Balaban J connectivity index is 2.09. The number of hydrogen-bond donors (Lipinski definition) is 1. The van der Waals surface area contributed by atoms with Gasteiger partial charge in [-0.1, -0.05) is 27.2 Å². The molecular weight excluding hydrogens is 186 g/mol. The predicted molar refractivity (Wildman–Crippen MR) is 65.1 cm³/mol. The highest BCUT2D eigenvalue weighted by atomic mass is 16.5. The average molecular weight is 213 g/mol. The Morgan fingerprint density at radius 1 is 1.20 bits per heavy atom. The molecule has 15 heavy (non-hydrogen) atoms. The molecule has 0 spiro atoms. The summed E-state index contributed by atoms with van der Waals surface area (Å²) in [6.07, 6.45) is 4.12. The molecule has 1 fully saturated rings. The van der Waals surface area contributed by atoms with Crippen molar-refractivity contribution in [3.8, 4) is 0 Å². The zero-order valence-corrected chi connectivity index (χ0v) is 10.8. The summed E-state index contributed by atoms with van der Waals surface area (Å²) in [5, 5.41) is 3.68. The molecule has 0 aromatic heterocycles. The molecule has 3 unspecified atom stereocenters. The second kappa shape index (κ2) is 6.49. The van der Waals surface area contributed by atoms with Crippen LogP contribution in [-0.4, -0.2) is 25.3 Å². The molecule has 90 valence electrons. The van der Waals surface area contributed by atoms with Gasteiger partial charge in [0.15, 0.2) is 0 Å². The van der Waals surface area contributed by atoms with Gasteiger partial charge in [-0.2, -0.15) is 0 Å². The van der Waals surface area contributed by atoms with Crippen LogP contribution in [0.2, 0.25) is 0 Å². The van der Waals surface area contributed by atoms with Crippen LogP contribution in [-0.2, 0) is 4.74 Å². The van der Waals surface area contributed by atoms with Crippen LogP contribution >= 0.6 is 0 Å². The Labute approximate surface area is 94.8 Å². The Kier molecular flexibility index (Phi) is 5.62. The van der Waals surface area contributed by atoms with Crippen LogP contribution in [0.3, 0.4) is 0 Å². The first-order valence-electron chi connectivity index (χ1n) is 6.43. The molecule has 1 rings (SSSR count). The smallest absolute Gasteiger partial charge is 0.0617 e. The van der Waals surface area contributed by atoms with Gasteiger partial charge in [0.2, 0.25) is 0 Å². The predicted octanol–water partition coefficient (Wildman–Crippen LogP) is 2.83. The Morgan fingerprint density at radius 3 is 2.47 bits per heavy atom. The second-order valence-electron chi connectivity index (χ2n) is 5.51. The first-order chi connectivity index (χ1) is 7.09. The second-order valence-corrected chi connectivity index (χ2v) is 5.51. The molecule has 0 bridgehead atoms. The van der Waals surface area contributed by atoms with E-state index in [0.29, 0.717) is 12.0 Å². The summed E-state index contributed by atoms with van der Waals surface area (Å²) >= 11 is 0. The molecular formula is C13H27NO. The maximum absolute atomic E-state index is 5.64. The van der Waals surface area contributed by atoms with E-state index in [1.54, 1.807) is 0 Å². The van der Waals surface area contributed by atoms with E-state index in [-0.39, 0.29) is 0 Å². The van der Waals surface area contributed by atoms with Crippen molar-refractivity contribution >= 4 is 0 Å². The lowest BCUT2D eigenvalue weighted by Gasteiger charge is -2.23. The molecule has 0 aromatic carbocycles. The third-order valence-corrected chi connectivity index (χ3v) is 3.18. The van der Waals surface area contributed by atoms with Crippen molar-refractivity contribution in [3.63, 3.8) is 0 Å². The molecule has 0 saturated heterocycles. The molecule has 3 atom stereocenters. The molecule has 1 aliphatic rings. The number of nitrogens with one attached hydrogen (secondary N) is 1. The van der Waals surface area contributed by atoms with Gasteiger partial charge in [-0.05, 0) is 31.6 Å². The molecule has 1 saturated carbocycles. The van der Waals surface area contributed by atoms with Crippen LogP contribution in [0.4, 0.5) is 0 Å². The van der Waals surface area contributed by atoms with Gasteiger partial charge in [0.05, 0.1) is 6.61 Å². The fraction of sp³-hybridized carbons (Fsp3) is 1.00. The summed E-state index contributed by atoms with van der Waals surface area (Å²) < 4.78 is 5.64. The van der Waals surface area contributed by atoms with Gasteiger partial charge < -0.3 is 10.1 Å². The molecule has 2 heteroatoms. The third-order valence-electron chi connectivity index (χ3n) is 3.18. The Bertz CT molecular complexity index is 170. The minimum absolute atomic E-state index is 0.495. The molecule has 0 heterocycles. The van der Waals surface area contributed by atoms with E-state index < -0.39 is 0 Å². The van der Waals surface area contributed by atoms with Gasteiger partial charge in [-0.15, -0.1) is 0 Å². The first-order valence-corrected chi connectivity index (χ1v) is 6.43. The van der Waals surface area contributed by atoms with Crippen LogP contribution in [0.25, 0.3) is 0 Å². The number of rotatable bonds is 6. The largest absolute Gasteiger partial charge is 0.380 e. The lowest BCUT2D eigenvalue weighted by molar-refractivity contribution is 0.0897. The van der Waals surface area contributed by atoms with Gasteiger partial charge in [0.1, 0.15) is 0 Å². The van der Waals surface area contributed by atoms with Gasteiger partial charge in [0, 0.05) is 18.7 Å². The van der Waals surface area contributed by atoms with E-state index in [9.17, 15) is 0 Å². The summed E-state index contributed by atoms with van der Waals surface area (Å²) in [6.45, 7) is 10.7. The van der Waals surface area contributed by atoms with Crippen molar-refractivity contribution in [2.45, 2.75) is 59.0 Å². The highest BCUT2D eigenvalue weighted by Crippen LogP contribution is 2.25. The highest BCUT2D eigenvalue weighted by molar-refractivity contribution is 4.82. The molecule has 0 aliphatic heterocycles. The Morgan fingerprint density at radius 2 is 1.93 bits per heavy atom. The van der Waals surface area contributed by atoms with Gasteiger partial charge >= 0.3 is 0 Å². The monoisotopic (exact) mass is 213 g/mol. The van der Waals surface area contributed by atoms with E-state index in [2.05, 4.69) is 33.0 Å². The highest BCUT2D eigenvalue weighted by Gasteiger charge is 2.24. The van der Waals surface area contributed by atoms with Crippen LogP contribution in [0.5, 0.6) is 0 Å². The summed E-state index contributed by atoms with van der Waals surface area (Å²) in [6, 6.07) is 1.22. The molecule has 2 nitrogen and oxygen atoms in total. The zero-order chi connectivity index (χ0) is 11.3. The van der Waals surface area contributed by atoms with Crippen molar-refractivity contribution in [1.82, 2.24) is 5.32 Å². The number of hydrogen-bond acceptors (Lipinski definition) is 2. The topological polar surface area (TPSA) is 21.3 Å². The van der Waals surface area contributed by atoms with Gasteiger partial charge in [-0.25, -0.2) is 0 Å². The van der Waals surface area contributed by atoms with Gasteiger partial charge in [-0.3, -0.25) is 0 Å². The quantitative estimate of drug-likeness (QED) is 0.732. The maximum Gasteiger partial charge on any atom is 0.0617 e. The van der Waals surface area contributed by atoms with Gasteiger partial charge in [0.25, 0.3) is 0 Å². The van der Waals surface area contributed by atoms with E-state index in [4.69, 9.17) is 4.74 Å². The molecule has 1 aliphatic carbocycles. The minimum atomic E-state index is 0.495. The van der Waals surface area contributed by atoms with Crippen molar-refractivity contribution in [3.05, 3.63) is 0 Å². The fourth-order valence-electron chi connectivity index (χ4n) is 2.29. The summed E-state index contributed by atoms with van der Waals surface area (Å²) in [7, 11) is 0. The molecule has 0 radical (unpaired) electrons. The van der Waals surface area contributed by atoms with E-state index in [1.807, 2.05) is 0 Å². The first kappa shape index (κ1) is 13.0. The lowest BCUT2D eigenvalue weighted by Crippen LogP contribution is -2.40. The maximum atomic E-state index is 5.64. The van der Waals surface area contributed by atoms with E-state index in [1.165, 1.54) is 19.3 Å². The van der Waals surface area contributed by atoms with Crippen molar-refractivity contribution < 1.29 is 4.74 Å². The van der Waals surface area contributed by atoms with E-state index in [0.717, 1.165) is 25.2 Å². The average Bonchev–Trinajstić information content (AvgIpc) is 2.51. The van der Waals surface area contributed by atoms with Crippen molar-refractivity contribution in [2.24, 2.45) is 11.8 Å². The van der Waals surface area contributed by atoms with Crippen LogP contribution in [0, 0.1) is 11.8 Å². The standard InChI is InChI=1S/C13H27NO/c1-10(2)8-15-9-12(4)14-13-7-5-6-11(13)3/h10-14H,5-9H2,1-4H3. The molecule has 0 amide bonds. The van der Waals surface area contributed by atoms with Crippen LogP contribution < -0.4 is 5.32 Å². The molecule has 1 N–H and O–H groups in total. The van der Waals surface area contributed by atoms with Crippen LogP contribution in [0.15, 0.2) is 0 Å². The normalized spacial score (nSPS) is 28.6. The summed E-state index contributed by atoms with van der Waals surface area (Å²) in [4.78, 5) is 0. The Hall–Kier alpha value is -0.0800. The van der Waals surface area contributed by atoms with Crippen molar-refractivity contribution in [1.29, 1.82) is 0 Å². The fourth-order valence-corrected chi connectivity index (χ4v) is 2.29. The van der Waals surface area contributed by atoms with E-state index >= 15 is 0 Å². The molecule has 0 aromatic rings. The SMILES string of the molecule is CC(C)COCC(C)NC1CCCC1C. The zero-order valence-electron chi connectivity index (χ0n) is 10.8.